The van der Waals surface area contributed by atoms with Crippen LogP contribution in [0.25, 0.3) is 0 Å². The highest BCUT2D eigenvalue weighted by Crippen LogP contribution is 2.10. The van der Waals surface area contributed by atoms with Gasteiger partial charge in [0.25, 0.3) is 0 Å². The summed E-state index contributed by atoms with van der Waals surface area (Å²) in [6.45, 7) is 8.14. The van der Waals surface area contributed by atoms with E-state index in [0.717, 1.165) is 17.3 Å². The zero-order valence-electron chi connectivity index (χ0n) is 19.3. The third-order valence-corrected chi connectivity index (χ3v) is 4.41. The molecule has 0 N–H and O–H groups in total. The number of aldehydes is 1. The molecule has 0 radical (unpaired) electrons. The Morgan fingerprint density at radius 3 is 1.18 bits per heavy atom. The summed E-state index contributed by atoms with van der Waals surface area (Å²) < 4.78 is 44.4. The standard InChI is InChI=1S/C23H37IO9/c24-5-6-26-7-8-27-9-10-28-11-12-29-13-14-30-15-16-31-17-18-32-19-20-33-23-3-1-22(21-25)2-4-23/h1-4,21H,5-20H2. The van der Waals surface area contributed by atoms with Gasteiger partial charge in [0.2, 0.25) is 0 Å². The third kappa shape index (κ3) is 20.2. The molecular weight excluding hydrogens is 547 g/mol. The lowest BCUT2D eigenvalue weighted by atomic mass is 10.2. The summed E-state index contributed by atoms with van der Waals surface area (Å²) in [5.74, 6) is 0.711. The van der Waals surface area contributed by atoms with E-state index in [1.165, 1.54) is 0 Å². The van der Waals surface area contributed by atoms with Gasteiger partial charge in [0.05, 0.1) is 92.5 Å². The SMILES string of the molecule is O=Cc1ccc(OCCOCCOCCOCCOCCOCCOCCOCCI)cc1. The maximum absolute atomic E-state index is 10.6. The molecule has 0 heterocycles. The second-order valence-electron chi connectivity index (χ2n) is 6.51. The van der Waals surface area contributed by atoms with E-state index in [4.69, 9.17) is 37.9 Å². The van der Waals surface area contributed by atoms with Gasteiger partial charge in [0.15, 0.2) is 0 Å². The molecule has 0 aromatic heterocycles. The number of ether oxygens (including phenoxy) is 8. The number of carbonyl (C=O) groups is 1. The number of halogens is 1. The Morgan fingerprint density at radius 2 is 0.848 bits per heavy atom. The minimum Gasteiger partial charge on any atom is -0.491 e. The van der Waals surface area contributed by atoms with E-state index >= 15 is 0 Å². The first-order valence-corrected chi connectivity index (χ1v) is 12.7. The molecule has 0 atom stereocenters. The summed E-state index contributed by atoms with van der Waals surface area (Å²) in [5, 5.41) is 0. The molecule has 0 fully saturated rings. The largest absolute Gasteiger partial charge is 0.491 e. The monoisotopic (exact) mass is 584 g/mol. The molecule has 0 spiro atoms. The summed E-state index contributed by atoms with van der Waals surface area (Å²) in [6, 6.07) is 6.94. The van der Waals surface area contributed by atoms with Crippen molar-refractivity contribution in [3.05, 3.63) is 29.8 Å². The zero-order chi connectivity index (χ0) is 23.7. The van der Waals surface area contributed by atoms with E-state index in [9.17, 15) is 4.79 Å². The fourth-order valence-corrected chi connectivity index (χ4v) is 2.65. The van der Waals surface area contributed by atoms with Gasteiger partial charge in [-0.2, -0.15) is 0 Å². The maximum Gasteiger partial charge on any atom is 0.150 e. The number of hydrogen-bond donors (Lipinski definition) is 0. The van der Waals surface area contributed by atoms with Crippen molar-refractivity contribution in [2.45, 2.75) is 0 Å². The topological polar surface area (TPSA) is 90.9 Å². The lowest BCUT2D eigenvalue weighted by molar-refractivity contribution is -0.0208. The van der Waals surface area contributed by atoms with Crippen molar-refractivity contribution in [3.63, 3.8) is 0 Å². The first-order chi connectivity index (χ1) is 16.4. The number of benzene rings is 1. The van der Waals surface area contributed by atoms with Gasteiger partial charge in [0.1, 0.15) is 18.6 Å². The Bertz CT molecular complexity index is 545. The van der Waals surface area contributed by atoms with E-state index in [1.807, 2.05) is 0 Å². The van der Waals surface area contributed by atoms with Crippen LogP contribution in [0.2, 0.25) is 0 Å². The Kier molecular flexibility index (Phi) is 22.2. The van der Waals surface area contributed by atoms with Crippen LogP contribution in [-0.4, -0.2) is 110 Å². The predicted molar refractivity (Wildman–Crippen MR) is 132 cm³/mol. The first kappa shape index (κ1) is 30.2. The van der Waals surface area contributed by atoms with Crippen molar-refractivity contribution in [3.8, 4) is 5.75 Å². The lowest BCUT2D eigenvalue weighted by Gasteiger charge is -2.09. The van der Waals surface area contributed by atoms with E-state index in [-0.39, 0.29) is 0 Å². The van der Waals surface area contributed by atoms with Crippen molar-refractivity contribution >= 4 is 28.9 Å². The number of carbonyl (C=O) groups excluding carboxylic acids is 1. The molecule has 10 heteroatoms. The van der Waals surface area contributed by atoms with Crippen molar-refractivity contribution in [2.75, 3.05) is 104 Å². The van der Waals surface area contributed by atoms with E-state index in [1.54, 1.807) is 24.3 Å². The first-order valence-electron chi connectivity index (χ1n) is 11.1. The Hall–Kier alpha value is -0.860. The molecule has 1 aromatic carbocycles. The smallest absolute Gasteiger partial charge is 0.150 e. The fourth-order valence-electron chi connectivity index (χ4n) is 2.34. The molecular formula is C23H37IO9. The summed E-state index contributed by atoms with van der Waals surface area (Å²) in [6.07, 6.45) is 0.800. The van der Waals surface area contributed by atoms with Gasteiger partial charge in [-0.1, -0.05) is 22.6 Å². The molecule has 190 valence electrons. The van der Waals surface area contributed by atoms with Crippen LogP contribution in [0.15, 0.2) is 24.3 Å². The molecule has 0 unspecified atom stereocenters. The van der Waals surface area contributed by atoms with Gasteiger partial charge in [-0.15, -0.1) is 0 Å². The third-order valence-electron chi connectivity index (χ3n) is 3.97. The molecule has 9 nitrogen and oxygen atoms in total. The fraction of sp³-hybridized carbons (Fsp3) is 0.696. The van der Waals surface area contributed by atoms with Crippen molar-refractivity contribution in [1.29, 1.82) is 0 Å². The van der Waals surface area contributed by atoms with Crippen molar-refractivity contribution in [1.82, 2.24) is 0 Å². The van der Waals surface area contributed by atoms with Crippen LogP contribution in [0.3, 0.4) is 0 Å². The van der Waals surface area contributed by atoms with Crippen LogP contribution in [0.5, 0.6) is 5.75 Å². The van der Waals surface area contributed by atoms with Crippen LogP contribution >= 0.6 is 22.6 Å². The van der Waals surface area contributed by atoms with Crippen LogP contribution in [0.4, 0.5) is 0 Å². The van der Waals surface area contributed by atoms with Gasteiger partial charge < -0.3 is 37.9 Å². The summed E-state index contributed by atoms with van der Waals surface area (Å²) in [7, 11) is 0. The van der Waals surface area contributed by atoms with Crippen LogP contribution in [-0.2, 0) is 33.2 Å². The van der Waals surface area contributed by atoms with Crippen LogP contribution in [0, 0.1) is 0 Å². The van der Waals surface area contributed by atoms with Crippen LogP contribution < -0.4 is 4.74 Å². The molecule has 1 aromatic rings. The summed E-state index contributed by atoms with van der Waals surface area (Å²) >= 11 is 2.27. The average Bonchev–Trinajstić information content (AvgIpc) is 2.85. The maximum atomic E-state index is 10.6. The molecule has 1 rings (SSSR count). The van der Waals surface area contributed by atoms with Gasteiger partial charge in [-0.3, -0.25) is 4.79 Å². The van der Waals surface area contributed by atoms with E-state index < -0.39 is 0 Å². The summed E-state index contributed by atoms with van der Waals surface area (Å²) in [5.41, 5.74) is 0.624. The highest BCUT2D eigenvalue weighted by Gasteiger charge is 1.96. The normalized spacial score (nSPS) is 11.1. The highest BCUT2D eigenvalue weighted by atomic mass is 127. The van der Waals surface area contributed by atoms with Gasteiger partial charge in [-0.05, 0) is 24.3 Å². The number of alkyl halides is 1. The average molecular weight is 584 g/mol. The Balaban J connectivity index is 1.69. The quantitative estimate of drug-likeness (QED) is 0.0744. The molecule has 0 aliphatic rings. The molecule has 33 heavy (non-hydrogen) atoms. The van der Waals surface area contributed by atoms with Gasteiger partial charge >= 0.3 is 0 Å². The Labute approximate surface area is 210 Å². The second kappa shape index (κ2) is 24.3. The lowest BCUT2D eigenvalue weighted by Crippen LogP contribution is -2.15. The van der Waals surface area contributed by atoms with Crippen LogP contribution in [0.1, 0.15) is 10.4 Å². The molecule has 0 aliphatic carbocycles. The Morgan fingerprint density at radius 1 is 0.515 bits per heavy atom. The van der Waals surface area contributed by atoms with Crippen molar-refractivity contribution < 1.29 is 42.7 Å². The number of hydrogen-bond acceptors (Lipinski definition) is 9. The molecule has 0 amide bonds. The second-order valence-corrected chi connectivity index (χ2v) is 7.59. The van der Waals surface area contributed by atoms with E-state index in [2.05, 4.69) is 22.6 Å². The molecule has 0 aliphatic heterocycles. The number of rotatable bonds is 25. The molecule has 0 saturated heterocycles. The van der Waals surface area contributed by atoms with E-state index in [0.29, 0.717) is 104 Å². The zero-order valence-corrected chi connectivity index (χ0v) is 21.4. The molecule has 0 bridgehead atoms. The summed E-state index contributed by atoms with van der Waals surface area (Å²) in [4.78, 5) is 10.6. The minimum absolute atomic E-state index is 0.441. The highest BCUT2D eigenvalue weighted by molar-refractivity contribution is 14.1. The molecule has 0 saturated carbocycles. The minimum atomic E-state index is 0.441. The van der Waals surface area contributed by atoms with Gasteiger partial charge in [0, 0.05) is 9.99 Å². The predicted octanol–water partition coefficient (Wildman–Crippen LogP) is 2.43. The van der Waals surface area contributed by atoms with Gasteiger partial charge in [-0.25, -0.2) is 0 Å². The van der Waals surface area contributed by atoms with Crippen molar-refractivity contribution in [2.24, 2.45) is 0 Å².